The van der Waals surface area contributed by atoms with Crippen molar-refractivity contribution in [2.24, 2.45) is 0 Å². The molecule has 0 fully saturated rings. The van der Waals surface area contributed by atoms with Gasteiger partial charge in [0.1, 0.15) is 28.2 Å². The number of aromatic nitrogens is 3. The molecule has 4 rings (SSSR count). The lowest BCUT2D eigenvalue weighted by molar-refractivity contribution is 0.0701. The molecule has 11 nitrogen and oxygen atoms in total. The largest absolute Gasteiger partial charge is 0.488 e. The molecule has 1 amide bonds. The highest BCUT2D eigenvalue weighted by atomic mass is 32.1. The number of carbonyl (C=O) groups is 2. The SMILES string of the molecule is COCC(C)Oc1cc(Oc2ccc(-c3nnc(C)o3)cc2)cc(C(=O)Nc2ncc(C(=O)O)s2)c1. The summed E-state index contributed by atoms with van der Waals surface area (Å²) in [5.74, 6) is 0.500. The van der Waals surface area contributed by atoms with E-state index in [0.717, 1.165) is 16.9 Å². The van der Waals surface area contributed by atoms with Gasteiger partial charge in [0.25, 0.3) is 5.91 Å². The summed E-state index contributed by atoms with van der Waals surface area (Å²) < 4.78 is 22.4. The van der Waals surface area contributed by atoms with Crippen molar-refractivity contribution in [1.82, 2.24) is 15.2 Å². The minimum atomic E-state index is -1.12. The number of thiazole rings is 1. The highest BCUT2D eigenvalue weighted by molar-refractivity contribution is 7.17. The van der Waals surface area contributed by atoms with Crippen LogP contribution in [-0.4, -0.2) is 52.0 Å². The average molecular weight is 511 g/mol. The molecule has 1 atom stereocenters. The zero-order valence-corrected chi connectivity index (χ0v) is 20.4. The zero-order valence-electron chi connectivity index (χ0n) is 19.5. The highest BCUT2D eigenvalue weighted by Crippen LogP contribution is 2.30. The lowest BCUT2D eigenvalue weighted by Gasteiger charge is -2.16. The number of benzene rings is 2. The van der Waals surface area contributed by atoms with E-state index in [1.54, 1.807) is 56.5 Å². The summed E-state index contributed by atoms with van der Waals surface area (Å²) in [5.41, 5.74) is 0.967. The molecule has 0 radical (unpaired) electrons. The first kappa shape index (κ1) is 24.8. The van der Waals surface area contributed by atoms with Crippen LogP contribution in [0.2, 0.25) is 0 Å². The van der Waals surface area contributed by atoms with Gasteiger partial charge in [0.2, 0.25) is 11.8 Å². The molecule has 2 N–H and O–H groups in total. The summed E-state index contributed by atoms with van der Waals surface area (Å²) in [6.45, 7) is 3.89. The summed E-state index contributed by atoms with van der Waals surface area (Å²) >= 11 is 0.854. The lowest BCUT2D eigenvalue weighted by atomic mass is 10.1. The molecule has 4 aromatic rings. The number of aromatic carboxylic acids is 1. The zero-order chi connectivity index (χ0) is 25.7. The van der Waals surface area contributed by atoms with Crippen LogP contribution in [0.15, 0.2) is 53.1 Å². The van der Waals surface area contributed by atoms with Crippen LogP contribution in [0, 0.1) is 6.92 Å². The first-order valence-corrected chi connectivity index (χ1v) is 11.5. The molecule has 36 heavy (non-hydrogen) atoms. The number of ether oxygens (including phenoxy) is 3. The Morgan fingerprint density at radius 3 is 2.50 bits per heavy atom. The number of aryl methyl sites for hydroxylation is 1. The Kier molecular flexibility index (Phi) is 7.56. The molecule has 2 aromatic heterocycles. The second kappa shape index (κ2) is 11.0. The van der Waals surface area contributed by atoms with Gasteiger partial charge >= 0.3 is 5.97 Å². The van der Waals surface area contributed by atoms with Gasteiger partial charge in [-0.1, -0.05) is 11.3 Å². The minimum absolute atomic E-state index is 0.0129. The van der Waals surface area contributed by atoms with Crippen molar-refractivity contribution in [3.63, 3.8) is 0 Å². The van der Waals surface area contributed by atoms with Crippen molar-refractivity contribution in [3.8, 4) is 28.7 Å². The van der Waals surface area contributed by atoms with Crippen molar-refractivity contribution in [1.29, 1.82) is 0 Å². The second-order valence-electron chi connectivity index (χ2n) is 7.62. The third kappa shape index (κ3) is 6.23. The summed E-state index contributed by atoms with van der Waals surface area (Å²) in [4.78, 5) is 28.0. The molecule has 0 bridgehead atoms. The number of hydrogen-bond acceptors (Lipinski definition) is 10. The van der Waals surface area contributed by atoms with Crippen LogP contribution in [0.25, 0.3) is 11.5 Å². The molecule has 1 unspecified atom stereocenters. The smallest absolute Gasteiger partial charge is 0.347 e. The van der Waals surface area contributed by atoms with Gasteiger partial charge in [-0.05, 0) is 43.3 Å². The number of rotatable bonds is 10. The van der Waals surface area contributed by atoms with Gasteiger partial charge in [-0.25, -0.2) is 9.78 Å². The van der Waals surface area contributed by atoms with Gasteiger partial charge < -0.3 is 23.7 Å². The van der Waals surface area contributed by atoms with E-state index in [9.17, 15) is 9.59 Å². The van der Waals surface area contributed by atoms with Gasteiger partial charge in [0.15, 0.2) is 5.13 Å². The Labute approximate surface area is 209 Å². The Morgan fingerprint density at radius 2 is 1.86 bits per heavy atom. The van der Waals surface area contributed by atoms with Gasteiger partial charge in [0, 0.05) is 31.2 Å². The fourth-order valence-corrected chi connectivity index (χ4v) is 3.80. The lowest BCUT2D eigenvalue weighted by Crippen LogP contribution is -2.18. The number of carboxylic acids is 1. The van der Waals surface area contributed by atoms with E-state index in [1.165, 1.54) is 6.20 Å². The van der Waals surface area contributed by atoms with E-state index >= 15 is 0 Å². The topological polar surface area (TPSA) is 146 Å². The predicted octanol–water partition coefficient (Wildman–Crippen LogP) is 4.66. The monoisotopic (exact) mass is 510 g/mol. The third-order valence-corrected chi connectivity index (χ3v) is 5.58. The van der Waals surface area contributed by atoms with Crippen LogP contribution in [0.1, 0.15) is 32.8 Å². The van der Waals surface area contributed by atoms with E-state index in [-0.39, 0.29) is 21.7 Å². The summed E-state index contributed by atoms with van der Waals surface area (Å²) in [6, 6.07) is 11.8. The minimum Gasteiger partial charge on any atom is -0.488 e. The quantitative estimate of drug-likeness (QED) is 0.309. The van der Waals surface area contributed by atoms with Crippen LogP contribution in [0.3, 0.4) is 0 Å². The maximum Gasteiger partial charge on any atom is 0.347 e. The van der Waals surface area contributed by atoms with Gasteiger partial charge in [-0.2, -0.15) is 0 Å². The number of nitrogens with one attached hydrogen (secondary N) is 1. The van der Waals surface area contributed by atoms with Crippen LogP contribution >= 0.6 is 11.3 Å². The van der Waals surface area contributed by atoms with E-state index in [2.05, 4.69) is 20.5 Å². The summed E-state index contributed by atoms with van der Waals surface area (Å²) in [7, 11) is 1.57. The van der Waals surface area contributed by atoms with Gasteiger partial charge in [-0.15, -0.1) is 10.2 Å². The number of methoxy groups -OCH3 is 1. The normalized spacial score (nSPS) is 11.6. The number of hydrogen-bond donors (Lipinski definition) is 2. The Morgan fingerprint density at radius 1 is 1.11 bits per heavy atom. The molecule has 0 spiro atoms. The molecular weight excluding hydrogens is 488 g/mol. The van der Waals surface area contributed by atoms with E-state index in [4.69, 9.17) is 23.7 Å². The fraction of sp³-hybridized carbons (Fsp3) is 0.208. The molecule has 2 aromatic carbocycles. The molecule has 0 saturated heterocycles. The molecule has 0 aliphatic rings. The van der Waals surface area contributed by atoms with Crippen LogP contribution in [0.5, 0.6) is 17.2 Å². The molecule has 0 saturated carbocycles. The summed E-state index contributed by atoms with van der Waals surface area (Å²) in [6.07, 6.45) is 0.901. The average Bonchev–Trinajstić information content (AvgIpc) is 3.49. The van der Waals surface area contributed by atoms with Crippen molar-refractivity contribution in [3.05, 3.63) is 65.0 Å². The van der Waals surface area contributed by atoms with Gasteiger partial charge in [-0.3, -0.25) is 10.1 Å². The summed E-state index contributed by atoms with van der Waals surface area (Å²) in [5, 5.41) is 19.7. The molecule has 0 aliphatic heterocycles. The van der Waals surface area contributed by atoms with Crippen molar-refractivity contribution < 1.29 is 33.3 Å². The van der Waals surface area contributed by atoms with Crippen molar-refractivity contribution in [2.75, 3.05) is 19.0 Å². The molecule has 186 valence electrons. The Balaban J connectivity index is 1.57. The predicted molar refractivity (Wildman–Crippen MR) is 130 cm³/mol. The Bertz CT molecular complexity index is 1370. The van der Waals surface area contributed by atoms with Crippen LogP contribution in [0.4, 0.5) is 5.13 Å². The van der Waals surface area contributed by atoms with Crippen molar-refractivity contribution in [2.45, 2.75) is 20.0 Å². The first-order valence-electron chi connectivity index (χ1n) is 10.7. The fourth-order valence-electron chi connectivity index (χ4n) is 3.15. The van der Waals surface area contributed by atoms with Crippen LogP contribution < -0.4 is 14.8 Å². The molecule has 0 aliphatic carbocycles. The number of carbonyl (C=O) groups excluding carboxylic acids is 1. The third-order valence-electron chi connectivity index (χ3n) is 4.68. The molecule has 2 heterocycles. The number of anilines is 1. The van der Waals surface area contributed by atoms with E-state index in [1.807, 2.05) is 6.92 Å². The maximum atomic E-state index is 12.9. The highest BCUT2D eigenvalue weighted by Gasteiger charge is 2.16. The second-order valence-corrected chi connectivity index (χ2v) is 8.65. The maximum absolute atomic E-state index is 12.9. The molecule has 12 heteroatoms. The van der Waals surface area contributed by atoms with E-state index < -0.39 is 11.9 Å². The number of amides is 1. The van der Waals surface area contributed by atoms with Crippen LogP contribution in [-0.2, 0) is 4.74 Å². The number of nitrogens with zero attached hydrogens (tertiary/aromatic N) is 3. The Hall–Kier alpha value is -4.29. The van der Waals surface area contributed by atoms with Crippen molar-refractivity contribution >= 4 is 28.3 Å². The number of carboxylic acid groups (broad SMARTS) is 1. The van der Waals surface area contributed by atoms with Gasteiger partial charge in [0.05, 0.1) is 12.8 Å². The first-order chi connectivity index (χ1) is 17.3. The standard InChI is InChI=1S/C24H22N4O7S/c1-13(12-32-3)33-18-8-16(21(29)26-24-25-11-20(36-24)23(30)31)9-19(10-18)35-17-6-4-15(5-7-17)22-28-27-14(2)34-22/h4-11,13H,12H2,1-3H3,(H,30,31)(H,25,26,29). The van der Waals surface area contributed by atoms with E-state index in [0.29, 0.717) is 35.6 Å². The molecular formula is C24H22N4O7S.